The minimum absolute atomic E-state index is 0.139. The predicted molar refractivity (Wildman–Crippen MR) is 105 cm³/mol. The normalized spacial score (nSPS) is 18.4. The average molecular weight is 352 g/mol. The summed E-state index contributed by atoms with van der Waals surface area (Å²) in [5.74, 6) is 1.39. The fraction of sp³-hybridized carbons (Fsp3) is 0.409. The van der Waals surface area contributed by atoms with E-state index in [2.05, 4.69) is 12.1 Å². The third kappa shape index (κ3) is 4.64. The third-order valence-corrected chi connectivity index (χ3v) is 5.10. The van der Waals surface area contributed by atoms with Gasteiger partial charge in [-0.25, -0.2) is 0 Å². The average Bonchev–Trinajstić information content (AvgIpc) is 2.69. The maximum atomic E-state index is 12.5. The number of carbonyl (C=O) groups excluding carboxylic acids is 1. The highest BCUT2D eigenvalue weighted by Gasteiger charge is 2.25. The number of para-hydroxylation sites is 1. The number of carbonyl (C=O) groups is 1. The zero-order valence-corrected chi connectivity index (χ0v) is 15.4. The van der Waals surface area contributed by atoms with Crippen molar-refractivity contribution < 1.29 is 9.53 Å². The van der Waals surface area contributed by atoms with Crippen LogP contribution >= 0.6 is 0 Å². The first-order valence-electron chi connectivity index (χ1n) is 9.46. The summed E-state index contributed by atoms with van der Waals surface area (Å²) in [6.45, 7) is 4.03. The van der Waals surface area contributed by atoms with Gasteiger partial charge < -0.3 is 15.4 Å². The van der Waals surface area contributed by atoms with Crippen molar-refractivity contribution in [3.8, 4) is 16.9 Å². The van der Waals surface area contributed by atoms with E-state index < -0.39 is 0 Å². The molecule has 138 valence electrons. The minimum atomic E-state index is 0.139. The van der Waals surface area contributed by atoms with Crippen LogP contribution < -0.4 is 10.5 Å². The molecule has 0 spiro atoms. The van der Waals surface area contributed by atoms with Crippen LogP contribution in [0.4, 0.5) is 0 Å². The zero-order chi connectivity index (χ0) is 18.4. The maximum Gasteiger partial charge on any atom is 0.226 e. The number of nitrogens with two attached hydrogens (primary N) is 1. The molecule has 26 heavy (non-hydrogen) atoms. The molecule has 2 aromatic rings. The van der Waals surface area contributed by atoms with Crippen molar-refractivity contribution in [2.75, 3.05) is 19.7 Å². The van der Waals surface area contributed by atoms with E-state index in [9.17, 15) is 4.79 Å². The third-order valence-electron chi connectivity index (χ3n) is 5.10. The lowest BCUT2D eigenvalue weighted by molar-refractivity contribution is -0.133. The molecule has 2 unspecified atom stereocenters. The molecule has 3 rings (SSSR count). The van der Waals surface area contributed by atoms with Crippen LogP contribution in [-0.2, 0) is 4.79 Å². The molecule has 1 aliphatic heterocycles. The number of benzene rings is 2. The van der Waals surface area contributed by atoms with Crippen LogP contribution in [0.25, 0.3) is 11.1 Å². The lowest BCUT2D eigenvalue weighted by Crippen LogP contribution is -2.45. The lowest BCUT2D eigenvalue weighted by atomic mass is 9.92. The highest BCUT2D eigenvalue weighted by atomic mass is 16.5. The summed E-state index contributed by atoms with van der Waals surface area (Å²) in [6.07, 6.45) is 2.55. The number of nitrogens with zero attached hydrogens (tertiary/aromatic N) is 1. The van der Waals surface area contributed by atoms with Crippen LogP contribution in [0.1, 0.15) is 26.2 Å². The molecule has 0 aliphatic carbocycles. The molecule has 0 saturated carbocycles. The first kappa shape index (κ1) is 18.5. The van der Waals surface area contributed by atoms with Crippen molar-refractivity contribution in [3.63, 3.8) is 0 Å². The Bertz CT molecular complexity index is 715. The van der Waals surface area contributed by atoms with Crippen LogP contribution in [0.5, 0.6) is 5.75 Å². The summed E-state index contributed by atoms with van der Waals surface area (Å²) >= 11 is 0. The first-order valence-corrected chi connectivity index (χ1v) is 9.46. The molecule has 0 aromatic heterocycles. The Hall–Kier alpha value is -2.33. The Morgan fingerprint density at radius 1 is 1.19 bits per heavy atom. The number of likely N-dealkylation sites (tertiary alicyclic amines) is 1. The van der Waals surface area contributed by atoms with Gasteiger partial charge in [0, 0.05) is 24.7 Å². The Kier molecular flexibility index (Phi) is 6.29. The molecule has 1 heterocycles. The van der Waals surface area contributed by atoms with Gasteiger partial charge >= 0.3 is 0 Å². The van der Waals surface area contributed by atoms with Crippen molar-refractivity contribution in [3.05, 3.63) is 54.6 Å². The second-order valence-corrected chi connectivity index (χ2v) is 7.06. The van der Waals surface area contributed by atoms with Gasteiger partial charge in [-0.05, 0) is 37.3 Å². The Morgan fingerprint density at radius 3 is 2.69 bits per heavy atom. The van der Waals surface area contributed by atoms with E-state index in [0.717, 1.165) is 42.8 Å². The first-order chi connectivity index (χ1) is 12.6. The second-order valence-electron chi connectivity index (χ2n) is 7.06. The summed E-state index contributed by atoms with van der Waals surface area (Å²) in [5.41, 5.74) is 8.18. The number of hydrogen-bond acceptors (Lipinski definition) is 3. The van der Waals surface area contributed by atoms with Gasteiger partial charge in [-0.2, -0.15) is 0 Å². The van der Waals surface area contributed by atoms with E-state index >= 15 is 0 Å². The summed E-state index contributed by atoms with van der Waals surface area (Å²) in [6, 6.07) is 18.3. The van der Waals surface area contributed by atoms with E-state index in [4.69, 9.17) is 10.5 Å². The molecule has 2 atom stereocenters. The quantitative estimate of drug-likeness (QED) is 0.862. The van der Waals surface area contributed by atoms with Crippen LogP contribution in [0, 0.1) is 5.92 Å². The molecule has 4 nitrogen and oxygen atoms in total. The molecule has 1 saturated heterocycles. The fourth-order valence-corrected chi connectivity index (χ4v) is 3.52. The SMILES string of the molecule is CC(N)C1CCCN(C(=O)CCOc2ccccc2-c2ccccc2)C1. The molecular weight excluding hydrogens is 324 g/mol. The summed E-state index contributed by atoms with van der Waals surface area (Å²) in [5, 5.41) is 0. The summed E-state index contributed by atoms with van der Waals surface area (Å²) in [4.78, 5) is 14.5. The van der Waals surface area contributed by atoms with Gasteiger partial charge in [0.2, 0.25) is 5.91 Å². The molecule has 1 fully saturated rings. The van der Waals surface area contributed by atoms with Gasteiger partial charge in [-0.3, -0.25) is 4.79 Å². The van der Waals surface area contributed by atoms with Crippen LogP contribution in [0.3, 0.4) is 0 Å². The Labute approximate surface area is 156 Å². The fourth-order valence-electron chi connectivity index (χ4n) is 3.52. The zero-order valence-electron chi connectivity index (χ0n) is 15.4. The molecule has 0 bridgehead atoms. The molecule has 2 aromatic carbocycles. The Morgan fingerprint density at radius 2 is 1.92 bits per heavy atom. The number of hydrogen-bond donors (Lipinski definition) is 1. The molecular formula is C22H28N2O2. The summed E-state index contributed by atoms with van der Waals surface area (Å²) in [7, 11) is 0. The smallest absolute Gasteiger partial charge is 0.226 e. The highest BCUT2D eigenvalue weighted by Crippen LogP contribution is 2.29. The highest BCUT2D eigenvalue weighted by molar-refractivity contribution is 5.76. The van der Waals surface area contributed by atoms with Crippen LogP contribution in [0.15, 0.2) is 54.6 Å². The second kappa shape index (κ2) is 8.86. The van der Waals surface area contributed by atoms with Crippen molar-refractivity contribution in [1.29, 1.82) is 0 Å². The largest absolute Gasteiger partial charge is 0.492 e. The number of amides is 1. The molecule has 1 amide bonds. The molecule has 0 radical (unpaired) electrons. The number of piperidine rings is 1. The minimum Gasteiger partial charge on any atom is -0.492 e. The van der Waals surface area contributed by atoms with Crippen LogP contribution in [-0.4, -0.2) is 36.5 Å². The van der Waals surface area contributed by atoms with E-state index in [0.29, 0.717) is 18.9 Å². The number of ether oxygens (including phenoxy) is 1. The number of rotatable bonds is 6. The van der Waals surface area contributed by atoms with Gasteiger partial charge in [0.05, 0.1) is 13.0 Å². The van der Waals surface area contributed by atoms with E-state index in [1.165, 1.54) is 0 Å². The molecule has 4 heteroatoms. The monoisotopic (exact) mass is 352 g/mol. The van der Waals surface area contributed by atoms with Crippen molar-refractivity contribution in [1.82, 2.24) is 4.90 Å². The summed E-state index contributed by atoms with van der Waals surface area (Å²) < 4.78 is 5.96. The van der Waals surface area contributed by atoms with E-state index in [1.54, 1.807) is 0 Å². The van der Waals surface area contributed by atoms with Gasteiger partial charge in [0.15, 0.2) is 0 Å². The van der Waals surface area contributed by atoms with Gasteiger partial charge in [-0.15, -0.1) is 0 Å². The lowest BCUT2D eigenvalue weighted by Gasteiger charge is -2.34. The van der Waals surface area contributed by atoms with Crippen molar-refractivity contribution >= 4 is 5.91 Å². The van der Waals surface area contributed by atoms with Gasteiger partial charge in [0.1, 0.15) is 5.75 Å². The standard InChI is InChI=1S/C22H28N2O2/c1-17(23)19-10-7-14-24(16-19)22(25)13-15-26-21-12-6-5-11-20(21)18-8-3-2-4-9-18/h2-6,8-9,11-12,17,19H,7,10,13-16,23H2,1H3. The van der Waals surface area contributed by atoms with Gasteiger partial charge in [-0.1, -0.05) is 48.5 Å². The van der Waals surface area contributed by atoms with Gasteiger partial charge in [0.25, 0.3) is 0 Å². The van der Waals surface area contributed by atoms with Crippen LogP contribution in [0.2, 0.25) is 0 Å². The Balaban J connectivity index is 1.56. The molecule has 2 N–H and O–H groups in total. The van der Waals surface area contributed by atoms with Crippen molar-refractivity contribution in [2.45, 2.75) is 32.2 Å². The van der Waals surface area contributed by atoms with E-state index in [1.807, 2.05) is 54.3 Å². The maximum absolute atomic E-state index is 12.5. The topological polar surface area (TPSA) is 55.6 Å². The van der Waals surface area contributed by atoms with E-state index in [-0.39, 0.29) is 11.9 Å². The van der Waals surface area contributed by atoms with Crippen molar-refractivity contribution in [2.24, 2.45) is 11.7 Å². The predicted octanol–water partition coefficient (Wildman–Crippen LogP) is 3.71. The molecule has 1 aliphatic rings.